The number of hydrogen-bond acceptors (Lipinski definition) is 4. The van der Waals surface area contributed by atoms with Crippen LogP contribution < -0.4 is 16.6 Å². The number of carbonyl (C=O) groups excluding carboxylic acids is 1. The van der Waals surface area contributed by atoms with Crippen LogP contribution >= 0.6 is 0 Å². The van der Waals surface area contributed by atoms with Crippen molar-refractivity contribution in [1.82, 2.24) is 15.8 Å². The summed E-state index contributed by atoms with van der Waals surface area (Å²) in [6.45, 7) is 1.58. The van der Waals surface area contributed by atoms with E-state index in [4.69, 9.17) is 5.73 Å². The van der Waals surface area contributed by atoms with Crippen LogP contribution in [0.4, 0.5) is 0 Å². The predicted octanol–water partition coefficient (Wildman–Crippen LogP) is 2.09. The van der Waals surface area contributed by atoms with Crippen LogP contribution in [0.25, 0.3) is 10.8 Å². The second kappa shape index (κ2) is 6.05. The summed E-state index contributed by atoms with van der Waals surface area (Å²) in [6, 6.07) is 15.6. The van der Waals surface area contributed by atoms with Crippen LogP contribution in [0, 0.1) is 5.92 Å². The van der Waals surface area contributed by atoms with Crippen molar-refractivity contribution in [3.8, 4) is 0 Å². The Morgan fingerprint density at radius 2 is 1.92 bits per heavy atom. The number of benzene rings is 2. The number of fused-ring (bicyclic) bond motifs is 2. The number of nitrogens with two attached hydrogens (primary N) is 1. The van der Waals surface area contributed by atoms with Gasteiger partial charge in [0.05, 0.1) is 11.6 Å². The highest BCUT2D eigenvalue weighted by molar-refractivity contribution is 5.87. The molecule has 0 radical (unpaired) electrons. The zero-order valence-corrected chi connectivity index (χ0v) is 14.9. The van der Waals surface area contributed by atoms with Crippen molar-refractivity contribution in [3.63, 3.8) is 0 Å². The van der Waals surface area contributed by atoms with Crippen molar-refractivity contribution in [2.75, 3.05) is 13.1 Å². The third-order valence-corrected chi connectivity index (χ3v) is 6.63. The summed E-state index contributed by atoms with van der Waals surface area (Å²) < 4.78 is 0. The smallest absolute Gasteiger partial charge is 0.242 e. The summed E-state index contributed by atoms with van der Waals surface area (Å²) in [5.74, 6) is 0.521. The number of likely N-dealkylation sites (tertiary alicyclic amines) is 1. The maximum atomic E-state index is 12.9. The van der Waals surface area contributed by atoms with E-state index in [9.17, 15) is 4.79 Å². The van der Waals surface area contributed by atoms with Crippen LogP contribution in [0.15, 0.2) is 42.5 Å². The summed E-state index contributed by atoms with van der Waals surface area (Å²) in [7, 11) is 0. The van der Waals surface area contributed by atoms with E-state index in [0.717, 1.165) is 38.8 Å². The van der Waals surface area contributed by atoms with Crippen molar-refractivity contribution in [1.29, 1.82) is 0 Å². The monoisotopic (exact) mass is 350 g/mol. The minimum atomic E-state index is -0.596. The zero-order chi connectivity index (χ0) is 17.7. The Balaban J connectivity index is 1.43. The van der Waals surface area contributed by atoms with Crippen molar-refractivity contribution < 1.29 is 4.79 Å². The number of piperidine rings is 1. The van der Waals surface area contributed by atoms with Crippen LogP contribution in [0.1, 0.15) is 37.3 Å². The number of rotatable bonds is 2. The van der Waals surface area contributed by atoms with Crippen LogP contribution in [0.2, 0.25) is 0 Å². The number of hydrazine groups is 1. The molecule has 3 unspecified atom stereocenters. The number of amides is 1. The van der Waals surface area contributed by atoms with Crippen LogP contribution in [0.3, 0.4) is 0 Å². The van der Waals surface area contributed by atoms with E-state index in [1.54, 1.807) is 0 Å². The molecule has 4 N–H and O–H groups in total. The molecule has 1 saturated carbocycles. The summed E-state index contributed by atoms with van der Waals surface area (Å²) in [6.07, 6.45) is 3.71. The minimum absolute atomic E-state index is 0.158. The van der Waals surface area contributed by atoms with Crippen LogP contribution in [-0.2, 0) is 4.79 Å². The quantitative estimate of drug-likeness (QED) is 0.776. The lowest BCUT2D eigenvalue weighted by Gasteiger charge is -2.44. The first-order valence-corrected chi connectivity index (χ1v) is 9.73. The Morgan fingerprint density at radius 1 is 1.12 bits per heavy atom. The molecule has 2 saturated heterocycles. The molecule has 3 aliphatic rings. The topological polar surface area (TPSA) is 70.4 Å². The van der Waals surface area contributed by atoms with Crippen molar-refractivity contribution >= 4 is 16.7 Å². The minimum Gasteiger partial charge on any atom is -0.341 e. The molecule has 2 heterocycles. The second-order valence-corrected chi connectivity index (χ2v) is 8.15. The Hall–Kier alpha value is -1.95. The Morgan fingerprint density at radius 3 is 2.73 bits per heavy atom. The van der Waals surface area contributed by atoms with Gasteiger partial charge in [-0.25, -0.2) is 5.43 Å². The average molecular weight is 350 g/mol. The molecular weight excluding hydrogens is 324 g/mol. The molecule has 0 spiro atoms. The first-order valence-electron chi connectivity index (χ1n) is 9.73. The Kier molecular flexibility index (Phi) is 3.78. The molecule has 0 aromatic heterocycles. The van der Waals surface area contributed by atoms with Crippen LogP contribution in [0.5, 0.6) is 0 Å². The predicted molar refractivity (Wildman–Crippen MR) is 102 cm³/mol. The Labute approximate surface area is 153 Å². The fourth-order valence-corrected chi connectivity index (χ4v) is 4.90. The van der Waals surface area contributed by atoms with Gasteiger partial charge in [0.1, 0.15) is 0 Å². The summed E-state index contributed by atoms with van der Waals surface area (Å²) >= 11 is 0. The second-order valence-electron chi connectivity index (χ2n) is 8.15. The summed E-state index contributed by atoms with van der Waals surface area (Å²) in [5, 5.41) is 2.54. The molecule has 3 fully saturated rings. The Bertz CT molecular complexity index is 842. The van der Waals surface area contributed by atoms with E-state index in [-0.39, 0.29) is 11.9 Å². The fourth-order valence-electron chi connectivity index (χ4n) is 4.90. The maximum Gasteiger partial charge on any atom is 0.242 e. The van der Waals surface area contributed by atoms with Crippen LogP contribution in [-0.4, -0.2) is 35.5 Å². The van der Waals surface area contributed by atoms with Gasteiger partial charge in [-0.2, -0.15) is 0 Å². The molecule has 5 nitrogen and oxygen atoms in total. The SMILES string of the molecule is NC1(C(=O)N2CCC3NNC(c4cccc5ccccc45)C3C2)CCC1. The van der Waals surface area contributed by atoms with E-state index in [1.807, 2.05) is 4.90 Å². The van der Waals surface area contributed by atoms with Gasteiger partial charge in [0, 0.05) is 25.0 Å². The van der Waals surface area contributed by atoms with E-state index in [1.165, 1.54) is 16.3 Å². The third kappa shape index (κ3) is 2.46. The number of nitrogens with zero attached hydrogens (tertiary/aromatic N) is 1. The first kappa shape index (κ1) is 16.2. The van der Waals surface area contributed by atoms with Crippen molar-refractivity contribution in [2.45, 2.75) is 43.3 Å². The van der Waals surface area contributed by atoms with E-state index < -0.39 is 5.54 Å². The number of carbonyl (C=O) groups is 1. The molecule has 5 heteroatoms. The highest BCUT2D eigenvalue weighted by atomic mass is 16.2. The van der Waals surface area contributed by atoms with Gasteiger partial charge in [0.25, 0.3) is 0 Å². The summed E-state index contributed by atoms with van der Waals surface area (Å²) in [4.78, 5) is 14.9. The van der Waals surface area contributed by atoms with Gasteiger partial charge in [-0.3, -0.25) is 10.2 Å². The van der Waals surface area contributed by atoms with Gasteiger partial charge in [0.2, 0.25) is 5.91 Å². The zero-order valence-electron chi connectivity index (χ0n) is 14.9. The molecule has 26 heavy (non-hydrogen) atoms. The maximum absolute atomic E-state index is 12.9. The molecule has 5 rings (SSSR count). The van der Waals surface area contributed by atoms with Crippen molar-refractivity contribution in [3.05, 3.63) is 48.0 Å². The van der Waals surface area contributed by atoms with Gasteiger partial charge >= 0.3 is 0 Å². The molecule has 3 atom stereocenters. The molecule has 0 bridgehead atoms. The van der Waals surface area contributed by atoms with Gasteiger partial charge in [0.15, 0.2) is 0 Å². The normalized spacial score (nSPS) is 30.0. The lowest BCUT2D eigenvalue weighted by atomic mass is 9.75. The van der Waals surface area contributed by atoms with Gasteiger partial charge < -0.3 is 10.6 Å². The highest BCUT2D eigenvalue weighted by Gasteiger charge is 2.47. The van der Waals surface area contributed by atoms with Gasteiger partial charge in [-0.1, -0.05) is 42.5 Å². The number of nitrogens with one attached hydrogen (secondary N) is 2. The van der Waals surface area contributed by atoms with E-state index in [0.29, 0.717) is 12.0 Å². The summed E-state index contributed by atoms with van der Waals surface area (Å²) in [5.41, 5.74) is 14.0. The van der Waals surface area contributed by atoms with E-state index in [2.05, 4.69) is 53.3 Å². The molecule has 2 aromatic carbocycles. The first-order chi connectivity index (χ1) is 12.7. The lowest BCUT2D eigenvalue weighted by molar-refractivity contribution is -0.142. The standard InChI is InChI=1S/C21H26N4O/c22-21(10-4-11-21)20(26)25-12-9-18-17(13-25)19(24-23-18)16-8-3-6-14-5-1-2-7-15(14)16/h1-3,5-8,17-19,23-24H,4,9-13,22H2. The third-order valence-electron chi connectivity index (χ3n) is 6.63. The molecule has 2 aliphatic heterocycles. The molecule has 1 aliphatic carbocycles. The lowest BCUT2D eigenvalue weighted by Crippen LogP contribution is -2.62. The van der Waals surface area contributed by atoms with E-state index >= 15 is 0 Å². The molecular formula is C21H26N4O. The molecule has 2 aromatic rings. The van der Waals surface area contributed by atoms with Gasteiger partial charge in [-0.05, 0) is 42.0 Å². The largest absolute Gasteiger partial charge is 0.341 e. The van der Waals surface area contributed by atoms with Crippen molar-refractivity contribution in [2.24, 2.45) is 11.7 Å². The molecule has 136 valence electrons. The van der Waals surface area contributed by atoms with Gasteiger partial charge in [-0.15, -0.1) is 0 Å². The number of hydrogen-bond donors (Lipinski definition) is 3. The highest BCUT2D eigenvalue weighted by Crippen LogP contribution is 2.38. The average Bonchev–Trinajstić information content (AvgIpc) is 3.08. The molecule has 1 amide bonds. The fraction of sp³-hybridized carbons (Fsp3) is 0.476.